The lowest BCUT2D eigenvalue weighted by molar-refractivity contribution is -0.271. The second-order valence-electron chi connectivity index (χ2n) is 5.12. The van der Waals surface area contributed by atoms with E-state index in [-0.39, 0.29) is 17.2 Å². The molecule has 2 rings (SSSR count). The molecule has 1 aliphatic heterocycles. The third kappa shape index (κ3) is 3.32. The first-order valence-electron chi connectivity index (χ1n) is 6.73. The number of carbonyl (C=O) groups is 1. The molecule has 1 saturated heterocycles. The zero-order chi connectivity index (χ0) is 17.3. The Kier molecular flexibility index (Phi) is 4.95. The number of carboxylic acids is 1. The molecule has 9 heteroatoms. The lowest BCUT2D eigenvalue weighted by Crippen LogP contribution is -2.61. The Labute approximate surface area is 131 Å². The van der Waals surface area contributed by atoms with E-state index in [0.717, 1.165) is 0 Å². The number of ether oxygens (including phenoxy) is 3. The highest BCUT2D eigenvalue weighted by Crippen LogP contribution is 2.34. The number of aliphatic carboxylic acids is 1. The van der Waals surface area contributed by atoms with Crippen LogP contribution in [0.15, 0.2) is 12.1 Å². The van der Waals surface area contributed by atoms with Crippen LogP contribution in [0.3, 0.4) is 0 Å². The lowest BCUT2D eigenvalue weighted by atomic mass is 9.99. The molecule has 23 heavy (non-hydrogen) atoms. The summed E-state index contributed by atoms with van der Waals surface area (Å²) in [6.45, 7) is 1.53. The summed E-state index contributed by atoms with van der Waals surface area (Å²) in [5.41, 5.74) is 0.300. The van der Waals surface area contributed by atoms with Crippen molar-refractivity contribution in [3.05, 3.63) is 17.7 Å². The van der Waals surface area contributed by atoms with Crippen LogP contribution in [0.2, 0.25) is 0 Å². The quantitative estimate of drug-likeness (QED) is 0.468. The summed E-state index contributed by atoms with van der Waals surface area (Å²) < 4.78 is 15.4. The summed E-state index contributed by atoms with van der Waals surface area (Å²) in [7, 11) is 1.38. The number of aromatic hydroxyl groups is 1. The minimum absolute atomic E-state index is 0.0682. The maximum absolute atomic E-state index is 11.0. The SMILES string of the molecule is COc1cc(O)c(C)c(OC2OC(C(=O)O)C(O)C(O)C2O)c1. The largest absolute Gasteiger partial charge is 0.507 e. The average molecular weight is 330 g/mol. The number of phenols is 1. The molecule has 1 aromatic carbocycles. The molecule has 128 valence electrons. The highest BCUT2D eigenvalue weighted by molar-refractivity contribution is 5.73. The van der Waals surface area contributed by atoms with Gasteiger partial charge in [0.1, 0.15) is 35.6 Å². The summed E-state index contributed by atoms with van der Waals surface area (Å²) in [5.74, 6) is -1.32. The van der Waals surface area contributed by atoms with Crippen molar-refractivity contribution in [2.24, 2.45) is 0 Å². The van der Waals surface area contributed by atoms with Crippen molar-refractivity contribution in [2.45, 2.75) is 37.6 Å². The molecule has 1 aliphatic rings. The van der Waals surface area contributed by atoms with Crippen LogP contribution in [0, 0.1) is 6.92 Å². The number of aliphatic hydroxyl groups is 3. The molecule has 0 aromatic heterocycles. The third-order valence-corrected chi connectivity index (χ3v) is 3.60. The summed E-state index contributed by atoms with van der Waals surface area (Å²) >= 11 is 0. The van der Waals surface area contributed by atoms with Crippen LogP contribution >= 0.6 is 0 Å². The van der Waals surface area contributed by atoms with Crippen molar-refractivity contribution < 1.29 is 44.5 Å². The van der Waals surface area contributed by atoms with Crippen molar-refractivity contribution >= 4 is 5.97 Å². The van der Waals surface area contributed by atoms with Gasteiger partial charge in [0.25, 0.3) is 0 Å². The summed E-state index contributed by atoms with van der Waals surface area (Å²) in [5, 5.41) is 48.0. The standard InChI is InChI=1S/C14H18O9/c1-5-7(15)3-6(21-2)4-8(5)22-14-11(18)9(16)10(17)12(23-14)13(19)20/h3-4,9-12,14-18H,1-2H3,(H,19,20). The minimum Gasteiger partial charge on any atom is -0.507 e. The van der Waals surface area contributed by atoms with Crippen LogP contribution < -0.4 is 9.47 Å². The summed E-state index contributed by atoms with van der Waals surface area (Å²) in [4.78, 5) is 11.0. The predicted molar refractivity (Wildman–Crippen MR) is 74.3 cm³/mol. The van der Waals surface area contributed by atoms with Gasteiger partial charge in [-0.05, 0) is 6.92 Å². The zero-order valence-electron chi connectivity index (χ0n) is 12.4. The highest BCUT2D eigenvalue weighted by atomic mass is 16.7. The van der Waals surface area contributed by atoms with Gasteiger partial charge in [-0.1, -0.05) is 0 Å². The Morgan fingerprint density at radius 3 is 2.39 bits per heavy atom. The van der Waals surface area contributed by atoms with E-state index in [2.05, 4.69) is 0 Å². The van der Waals surface area contributed by atoms with Crippen molar-refractivity contribution in [2.75, 3.05) is 7.11 Å². The van der Waals surface area contributed by atoms with Gasteiger partial charge in [-0.25, -0.2) is 4.79 Å². The normalized spacial score (nSPS) is 30.7. The Morgan fingerprint density at radius 1 is 1.17 bits per heavy atom. The molecule has 5 N–H and O–H groups in total. The van der Waals surface area contributed by atoms with Gasteiger partial charge in [-0.2, -0.15) is 0 Å². The van der Waals surface area contributed by atoms with Gasteiger partial charge < -0.3 is 39.7 Å². The van der Waals surface area contributed by atoms with E-state index in [1.807, 2.05) is 0 Å². The smallest absolute Gasteiger partial charge is 0.335 e. The van der Waals surface area contributed by atoms with Gasteiger partial charge in [0, 0.05) is 17.7 Å². The van der Waals surface area contributed by atoms with Crippen LogP contribution in [0.1, 0.15) is 5.56 Å². The Balaban J connectivity index is 2.28. The molecule has 0 amide bonds. The van der Waals surface area contributed by atoms with E-state index in [0.29, 0.717) is 5.56 Å². The van der Waals surface area contributed by atoms with Crippen molar-refractivity contribution in [3.8, 4) is 17.2 Å². The molecule has 1 fully saturated rings. The molecule has 0 bridgehead atoms. The second-order valence-corrected chi connectivity index (χ2v) is 5.12. The van der Waals surface area contributed by atoms with Crippen molar-refractivity contribution in [1.29, 1.82) is 0 Å². The molecule has 5 unspecified atom stereocenters. The Bertz CT molecular complexity index is 588. The topological polar surface area (TPSA) is 146 Å². The molecule has 0 spiro atoms. The maximum Gasteiger partial charge on any atom is 0.335 e. The summed E-state index contributed by atoms with van der Waals surface area (Å²) in [6, 6.07) is 2.75. The number of methoxy groups -OCH3 is 1. The minimum atomic E-state index is -1.80. The van der Waals surface area contributed by atoms with E-state index in [1.165, 1.54) is 26.2 Å². The monoisotopic (exact) mass is 330 g/mol. The Hall–Kier alpha value is -2.07. The number of hydrogen-bond acceptors (Lipinski definition) is 8. The summed E-state index contributed by atoms with van der Waals surface area (Å²) in [6.07, 6.45) is -8.58. The first kappa shape index (κ1) is 17.3. The van der Waals surface area contributed by atoms with E-state index in [1.54, 1.807) is 0 Å². The van der Waals surface area contributed by atoms with E-state index in [9.17, 15) is 25.2 Å². The molecule has 5 atom stereocenters. The van der Waals surface area contributed by atoms with E-state index in [4.69, 9.17) is 19.3 Å². The van der Waals surface area contributed by atoms with Crippen molar-refractivity contribution in [1.82, 2.24) is 0 Å². The fourth-order valence-corrected chi connectivity index (χ4v) is 2.16. The zero-order valence-corrected chi connectivity index (χ0v) is 12.4. The molecule has 0 saturated carbocycles. The number of hydrogen-bond donors (Lipinski definition) is 5. The molecular weight excluding hydrogens is 312 g/mol. The molecular formula is C14H18O9. The molecule has 0 radical (unpaired) electrons. The number of phenolic OH excluding ortho intramolecular Hbond substituents is 1. The van der Waals surface area contributed by atoms with Gasteiger partial charge in [0.15, 0.2) is 6.10 Å². The van der Waals surface area contributed by atoms with Gasteiger partial charge in [-0.15, -0.1) is 0 Å². The van der Waals surface area contributed by atoms with Crippen LogP contribution in [-0.4, -0.2) is 69.3 Å². The molecule has 9 nitrogen and oxygen atoms in total. The van der Waals surface area contributed by atoms with Crippen LogP contribution in [0.4, 0.5) is 0 Å². The van der Waals surface area contributed by atoms with Gasteiger partial charge in [0.2, 0.25) is 6.29 Å². The van der Waals surface area contributed by atoms with Crippen LogP contribution in [0.5, 0.6) is 17.2 Å². The highest BCUT2D eigenvalue weighted by Gasteiger charge is 2.48. The molecule has 1 aromatic rings. The molecule has 1 heterocycles. The first-order valence-corrected chi connectivity index (χ1v) is 6.73. The first-order chi connectivity index (χ1) is 10.8. The Morgan fingerprint density at radius 2 is 1.83 bits per heavy atom. The number of rotatable bonds is 4. The fraction of sp³-hybridized carbons (Fsp3) is 0.500. The number of carboxylic acid groups (broad SMARTS) is 1. The average Bonchev–Trinajstić information content (AvgIpc) is 2.51. The van der Waals surface area contributed by atoms with Crippen LogP contribution in [-0.2, 0) is 9.53 Å². The number of benzene rings is 1. The third-order valence-electron chi connectivity index (χ3n) is 3.60. The van der Waals surface area contributed by atoms with Crippen molar-refractivity contribution in [3.63, 3.8) is 0 Å². The van der Waals surface area contributed by atoms with Gasteiger partial charge in [-0.3, -0.25) is 0 Å². The van der Waals surface area contributed by atoms with E-state index < -0.39 is 36.7 Å². The molecule has 0 aliphatic carbocycles. The maximum atomic E-state index is 11.0. The lowest BCUT2D eigenvalue weighted by Gasteiger charge is -2.38. The van der Waals surface area contributed by atoms with Gasteiger partial charge in [0.05, 0.1) is 7.11 Å². The van der Waals surface area contributed by atoms with Crippen LogP contribution in [0.25, 0.3) is 0 Å². The number of aliphatic hydroxyl groups excluding tert-OH is 3. The fourth-order valence-electron chi connectivity index (χ4n) is 2.16. The van der Waals surface area contributed by atoms with Gasteiger partial charge >= 0.3 is 5.97 Å². The van der Waals surface area contributed by atoms with E-state index >= 15 is 0 Å². The second kappa shape index (κ2) is 6.59. The predicted octanol–water partition coefficient (Wildman–Crippen LogP) is -1.02.